The van der Waals surface area contributed by atoms with E-state index in [4.69, 9.17) is 4.74 Å². The van der Waals surface area contributed by atoms with E-state index in [1.54, 1.807) is 17.0 Å². The quantitative estimate of drug-likeness (QED) is 0.913. The molecule has 2 bridgehead atoms. The second-order valence-corrected chi connectivity index (χ2v) is 8.45. The van der Waals surface area contributed by atoms with Gasteiger partial charge < -0.3 is 10.1 Å². The highest BCUT2D eigenvalue weighted by molar-refractivity contribution is 5.96. The number of nitrogens with zero attached hydrogens (tertiary/aromatic N) is 1. The molecule has 1 aromatic carbocycles. The number of benzene rings is 1. The standard InChI is InChI=1S/C20H26N2O3/c1-19(2)14-8-9-20(19,3)16(12-14)21-17(23)13-4-6-15(7-5-13)22-10-11-25-18(22)24/h4-7,14,16H,8-12H2,1-3H3,(H,21,23). The Morgan fingerprint density at radius 3 is 2.48 bits per heavy atom. The van der Waals surface area contributed by atoms with E-state index in [1.807, 2.05) is 12.1 Å². The Morgan fingerprint density at radius 2 is 1.96 bits per heavy atom. The zero-order valence-corrected chi connectivity index (χ0v) is 15.2. The molecule has 3 fully saturated rings. The van der Waals surface area contributed by atoms with Gasteiger partial charge in [-0.3, -0.25) is 9.69 Å². The van der Waals surface area contributed by atoms with Crippen molar-refractivity contribution in [3.8, 4) is 0 Å². The van der Waals surface area contributed by atoms with Crippen LogP contribution in [0.25, 0.3) is 0 Å². The lowest BCUT2D eigenvalue weighted by Gasteiger charge is -2.39. The molecular formula is C20H26N2O3. The summed E-state index contributed by atoms with van der Waals surface area (Å²) >= 11 is 0. The summed E-state index contributed by atoms with van der Waals surface area (Å²) in [5, 5.41) is 3.28. The van der Waals surface area contributed by atoms with Crippen LogP contribution in [0.4, 0.5) is 10.5 Å². The average molecular weight is 342 g/mol. The summed E-state index contributed by atoms with van der Waals surface area (Å²) in [6.45, 7) is 7.99. The van der Waals surface area contributed by atoms with E-state index < -0.39 is 0 Å². The molecule has 2 aliphatic carbocycles. The molecule has 2 saturated carbocycles. The van der Waals surface area contributed by atoms with Crippen LogP contribution in [0.15, 0.2) is 24.3 Å². The predicted octanol–water partition coefficient (Wildman–Crippen LogP) is 3.59. The first kappa shape index (κ1) is 16.4. The van der Waals surface area contributed by atoms with Crippen molar-refractivity contribution in [2.45, 2.75) is 46.1 Å². The van der Waals surface area contributed by atoms with Crippen LogP contribution >= 0.6 is 0 Å². The van der Waals surface area contributed by atoms with Crippen molar-refractivity contribution in [1.82, 2.24) is 5.32 Å². The molecule has 0 spiro atoms. The first-order valence-electron chi connectivity index (χ1n) is 9.18. The van der Waals surface area contributed by atoms with Crippen LogP contribution in [0.1, 0.15) is 50.4 Å². The minimum absolute atomic E-state index is 0.0230. The number of anilines is 1. The minimum Gasteiger partial charge on any atom is -0.447 e. The summed E-state index contributed by atoms with van der Waals surface area (Å²) in [7, 11) is 0. The first-order chi connectivity index (χ1) is 11.8. The normalized spacial score (nSPS) is 32.8. The van der Waals surface area contributed by atoms with E-state index in [2.05, 4.69) is 26.1 Å². The monoisotopic (exact) mass is 342 g/mol. The molecule has 3 unspecified atom stereocenters. The van der Waals surface area contributed by atoms with Gasteiger partial charge in [-0.1, -0.05) is 20.8 Å². The van der Waals surface area contributed by atoms with Gasteiger partial charge in [-0.2, -0.15) is 0 Å². The van der Waals surface area contributed by atoms with Gasteiger partial charge in [0.1, 0.15) is 6.61 Å². The molecular weight excluding hydrogens is 316 g/mol. The van der Waals surface area contributed by atoms with Crippen LogP contribution in [-0.4, -0.2) is 31.2 Å². The maximum Gasteiger partial charge on any atom is 0.414 e. The number of hydrogen-bond acceptors (Lipinski definition) is 3. The Bertz CT molecular complexity index is 712. The van der Waals surface area contributed by atoms with E-state index in [1.165, 1.54) is 12.8 Å². The summed E-state index contributed by atoms with van der Waals surface area (Å²) in [6.07, 6.45) is 3.21. The molecule has 134 valence electrons. The van der Waals surface area contributed by atoms with Crippen molar-refractivity contribution < 1.29 is 14.3 Å². The summed E-state index contributed by atoms with van der Waals surface area (Å²) < 4.78 is 4.95. The zero-order chi connectivity index (χ0) is 17.8. The molecule has 2 amide bonds. The molecule has 1 aromatic rings. The van der Waals surface area contributed by atoms with E-state index in [0.29, 0.717) is 24.6 Å². The van der Waals surface area contributed by atoms with Gasteiger partial charge in [-0.15, -0.1) is 0 Å². The summed E-state index contributed by atoms with van der Waals surface area (Å²) in [6, 6.07) is 7.44. The molecule has 4 rings (SSSR count). The van der Waals surface area contributed by atoms with Crippen molar-refractivity contribution in [3.63, 3.8) is 0 Å². The third kappa shape index (κ3) is 2.35. The number of fused-ring (bicyclic) bond motifs is 2. The van der Waals surface area contributed by atoms with E-state index in [0.717, 1.165) is 12.1 Å². The predicted molar refractivity (Wildman–Crippen MR) is 95.6 cm³/mol. The van der Waals surface area contributed by atoms with Crippen LogP contribution in [-0.2, 0) is 4.74 Å². The van der Waals surface area contributed by atoms with Crippen molar-refractivity contribution in [1.29, 1.82) is 0 Å². The van der Waals surface area contributed by atoms with Gasteiger partial charge in [-0.05, 0) is 60.3 Å². The van der Waals surface area contributed by atoms with E-state index in [9.17, 15) is 9.59 Å². The summed E-state index contributed by atoms with van der Waals surface area (Å²) in [5.74, 6) is 0.677. The number of rotatable bonds is 3. The number of cyclic esters (lactones) is 1. The Hall–Kier alpha value is -2.04. The summed E-state index contributed by atoms with van der Waals surface area (Å²) in [5.41, 5.74) is 1.87. The lowest BCUT2D eigenvalue weighted by molar-refractivity contribution is 0.0826. The molecule has 0 aromatic heterocycles. The van der Waals surface area contributed by atoms with Gasteiger partial charge in [0.25, 0.3) is 5.91 Å². The van der Waals surface area contributed by atoms with Crippen molar-refractivity contribution in [2.75, 3.05) is 18.1 Å². The van der Waals surface area contributed by atoms with E-state index >= 15 is 0 Å². The fourth-order valence-corrected chi connectivity index (χ4v) is 5.08. The SMILES string of the molecule is CC1(C)C2CCC1(C)C(NC(=O)c1ccc(N3CCOC3=O)cc1)C2. The maximum absolute atomic E-state index is 12.7. The average Bonchev–Trinajstić information content (AvgIpc) is 3.16. The first-order valence-corrected chi connectivity index (χ1v) is 9.18. The van der Waals surface area contributed by atoms with Gasteiger partial charge in [-0.25, -0.2) is 4.79 Å². The second kappa shape index (κ2) is 5.48. The van der Waals surface area contributed by atoms with Gasteiger partial charge in [0.05, 0.1) is 6.54 Å². The lowest BCUT2D eigenvalue weighted by atomic mass is 9.69. The summed E-state index contributed by atoms with van der Waals surface area (Å²) in [4.78, 5) is 25.9. The van der Waals surface area contributed by atoms with Crippen LogP contribution in [0, 0.1) is 16.7 Å². The number of ether oxygens (including phenoxy) is 1. The molecule has 0 radical (unpaired) electrons. The minimum atomic E-state index is -0.325. The molecule has 1 heterocycles. The third-order valence-corrected chi connectivity index (χ3v) is 7.30. The van der Waals surface area contributed by atoms with Crippen molar-refractivity contribution >= 4 is 17.7 Å². The molecule has 25 heavy (non-hydrogen) atoms. The van der Waals surface area contributed by atoms with E-state index in [-0.39, 0.29) is 28.9 Å². The molecule has 3 aliphatic rings. The van der Waals surface area contributed by atoms with Crippen molar-refractivity contribution in [3.05, 3.63) is 29.8 Å². The van der Waals surface area contributed by atoms with Gasteiger partial charge >= 0.3 is 6.09 Å². The Morgan fingerprint density at radius 1 is 1.24 bits per heavy atom. The number of carbonyl (C=O) groups excluding carboxylic acids is 2. The van der Waals surface area contributed by atoms with Crippen LogP contribution in [0.2, 0.25) is 0 Å². The fraction of sp³-hybridized carbons (Fsp3) is 0.600. The van der Waals surface area contributed by atoms with Gasteiger partial charge in [0, 0.05) is 17.3 Å². The van der Waals surface area contributed by atoms with Crippen LogP contribution in [0.3, 0.4) is 0 Å². The Kier molecular flexibility index (Phi) is 3.60. The lowest BCUT2D eigenvalue weighted by Crippen LogP contribution is -2.46. The largest absolute Gasteiger partial charge is 0.447 e. The molecule has 1 saturated heterocycles. The van der Waals surface area contributed by atoms with Crippen molar-refractivity contribution in [2.24, 2.45) is 16.7 Å². The van der Waals surface area contributed by atoms with Crippen LogP contribution < -0.4 is 10.2 Å². The molecule has 1 N–H and O–H groups in total. The molecule has 5 nitrogen and oxygen atoms in total. The molecule has 1 aliphatic heterocycles. The Labute approximate surface area is 148 Å². The number of amides is 2. The maximum atomic E-state index is 12.7. The number of carbonyl (C=O) groups is 2. The van der Waals surface area contributed by atoms with Gasteiger partial charge in [0.15, 0.2) is 0 Å². The van der Waals surface area contributed by atoms with Gasteiger partial charge in [0.2, 0.25) is 0 Å². The third-order valence-electron chi connectivity index (χ3n) is 7.30. The highest BCUT2D eigenvalue weighted by atomic mass is 16.6. The molecule has 5 heteroatoms. The smallest absolute Gasteiger partial charge is 0.414 e. The zero-order valence-electron chi connectivity index (χ0n) is 15.2. The Balaban J connectivity index is 1.46. The van der Waals surface area contributed by atoms with Crippen LogP contribution in [0.5, 0.6) is 0 Å². The number of nitrogens with one attached hydrogen (secondary N) is 1. The fourth-order valence-electron chi connectivity index (χ4n) is 5.08. The second-order valence-electron chi connectivity index (χ2n) is 8.45. The topological polar surface area (TPSA) is 58.6 Å². The number of hydrogen-bond donors (Lipinski definition) is 1. The highest BCUT2D eigenvalue weighted by Gasteiger charge is 2.61. The highest BCUT2D eigenvalue weighted by Crippen LogP contribution is 2.65. The molecule has 3 atom stereocenters.